The number of hydrogen-bond acceptors (Lipinski definition) is 5. The Labute approximate surface area is 180 Å². The number of carbonyl (C=O) groups is 2. The second-order valence-electron chi connectivity index (χ2n) is 6.95. The van der Waals surface area contributed by atoms with Gasteiger partial charge in [-0.25, -0.2) is 0 Å². The van der Waals surface area contributed by atoms with E-state index in [1.807, 2.05) is 0 Å². The molecule has 1 N–H and O–H groups in total. The minimum absolute atomic E-state index is 0.103. The third-order valence-corrected chi connectivity index (χ3v) is 5.52. The van der Waals surface area contributed by atoms with E-state index >= 15 is 0 Å². The van der Waals surface area contributed by atoms with Crippen LogP contribution in [0.3, 0.4) is 0 Å². The predicted octanol–water partition coefficient (Wildman–Crippen LogP) is 3.86. The molecule has 1 saturated heterocycles. The topological polar surface area (TPSA) is 77.1 Å². The average molecular weight is 433 g/mol. The van der Waals surface area contributed by atoms with Crippen LogP contribution >= 0.6 is 11.6 Å². The lowest BCUT2D eigenvalue weighted by atomic mass is 9.95. The molecule has 0 radical (unpaired) electrons. The summed E-state index contributed by atoms with van der Waals surface area (Å²) in [4.78, 5) is 27.2. The van der Waals surface area contributed by atoms with Crippen LogP contribution in [0.5, 0.6) is 17.2 Å². The van der Waals surface area contributed by atoms with Gasteiger partial charge in [-0.3, -0.25) is 9.59 Å². The zero-order chi connectivity index (χ0) is 21.7. The van der Waals surface area contributed by atoms with Crippen molar-refractivity contribution in [3.63, 3.8) is 0 Å². The van der Waals surface area contributed by atoms with E-state index in [4.69, 9.17) is 25.8 Å². The molecule has 8 heteroatoms. The van der Waals surface area contributed by atoms with Crippen molar-refractivity contribution in [1.29, 1.82) is 0 Å². The molecule has 0 unspecified atom stereocenters. The molecule has 2 aromatic rings. The minimum atomic E-state index is -0.195. The molecule has 160 valence electrons. The number of ether oxygens (including phenoxy) is 3. The first-order valence-electron chi connectivity index (χ1n) is 9.63. The van der Waals surface area contributed by atoms with Gasteiger partial charge >= 0.3 is 0 Å². The van der Waals surface area contributed by atoms with Crippen LogP contribution in [0.25, 0.3) is 0 Å². The van der Waals surface area contributed by atoms with E-state index < -0.39 is 0 Å². The molecule has 1 aliphatic heterocycles. The van der Waals surface area contributed by atoms with Gasteiger partial charge in [0, 0.05) is 36.8 Å². The Hall–Kier alpha value is -2.93. The van der Waals surface area contributed by atoms with Crippen molar-refractivity contribution in [2.45, 2.75) is 12.8 Å². The van der Waals surface area contributed by atoms with Gasteiger partial charge in [0.05, 0.1) is 31.9 Å². The average Bonchev–Trinajstić information content (AvgIpc) is 2.78. The lowest BCUT2D eigenvalue weighted by molar-refractivity contribution is -0.121. The molecule has 0 bridgehead atoms. The first-order valence-corrected chi connectivity index (χ1v) is 10.0. The van der Waals surface area contributed by atoms with Crippen LogP contribution in [0.15, 0.2) is 36.4 Å². The van der Waals surface area contributed by atoms with E-state index in [1.54, 1.807) is 41.3 Å². The molecule has 7 nitrogen and oxygen atoms in total. The van der Waals surface area contributed by atoms with Crippen LogP contribution in [0, 0.1) is 5.92 Å². The number of nitrogens with one attached hydrogen (secondary N) is 1. The summed E-state index contributed by atoms with van der Waals surface area (Å²) < 4.78 is 16.0. The summed E-state index contributed by atoms with van der Waals surface area (Å²) in [6.45, 7) is 0.995. The van der Waals surface area contributed by atoms with Crippen LogP contribution in [-0.4, -0.2) is 51.1 Å². The van der Waals surface area contributed by atoms with E-state index in [1.165, 1.54) is 21.3 Å². The monoisotopic (exact) mass is 432 g/mol. The van der Waals surface area contributed by atoms with Crippen LogP contribution in [0.4, 0.5) is 5.69 Å². The largest absolute Gasteiger partial charge is 0.493 e. The number of benzene rings is 2. The number of anilines is 1. The van der Waals surface area contributed by atoms with Crippen molar-refractivity contribution in [2.75, 3.05) is 39.7 Å². The Balaban J connectivity index is 1.63. The van der Waals surface area contributed by atoms with E-state index in [0.29, 0.717) is 59.5 Å². The normalized spacial score (nSPS) is 14.2. The summed E-state index contributed by atoms with van der Waals surface area (Å²) in [6, 6.07) is 10.4. The van der Waals surface area contributed by atoms with Crippen molar-refractivity contribution >= 4 is 29.1 Å². The second kappa shape index (κ2) is 9.71. The van der Waals surface area contributed by atoms with Gasteiger partial charge in [0.15, 0.2) is 11.5 Å². The molecule has 2 aromatic carbocycles. The lowest BCUT2D eigenvalue weighted by Crippen LogP contribution is -2.41. The molecule has 0 aliphatic carbocycles. The maximum atomic E-state index is 12.8. The van der Waals surface area contributed by atoms with E-state index in [2.05, 4.69) is 5.32 Å². The SMILES string of the molecule is COc1cc(NC(=O)C2CCN(C(=O)c3ccccc3Cl)CC2)cc(OC)c1OC. The molecule has 1 heterocycles. The molecular weight excluding hydrogens is 408 g/mol. The van der Waals surface area contributed by atoms with Crippen molar-refractivity contribution in [3.8, 4) is 17.2 Å². The minimum Gasteiger partial charge on any atom is -0.493 e. The Morgan fingerprint density at radius 2 is 1.60 bits per heavy atom. The Bertz CT molecular complexity index is 900. The summed E-state index contributed by atoms with van der Waals surface area (Å²) in [7, 11) is 4.57. The van der Waals surface area contributed by atoms with Gasteiger partial charge < -0.3 is 24.4 Å². The highest BCUT2D eigenvalue weighted by Gasteiger charge is 2.29. The van der Waals surface area contributed by atoms with Crippen LogP contribution in [0.2, 0.25) is 5.02 Å². The summed E-state index contributed by atoms with van der Waals surface area (Å²) in [5.74, 6) is 0.988. The Morgan fingerprint density at radius 3 is 2.13 bits per heavy atom. The Morgan fingerprint density at radius 1 is 1.00 bits per heavy atom. The fourth-order valence-corrected chi connectivity index (χ4v) is 3.76. The van der Waals surface area contributed by atoms with Crippen molar-refractivity contribution in [1.82, 2.24) is 4.90 Å². The first-order chi connectivity index (χ1) is 14.5. The van der Waals surface area contributed by atoms with Gasteiger partial charge in [-0.1, -0.05) is 23.7 Å². The fourth-order valence-electron chi connectivity index (χ4n) is 3.55. The van der Waals surface area contributed by atoms with Crippen molar-refractivity contribution in [2.24, 2.45) is 5.92 Å². The maximum Gasteiger partial charge on any atom is 0.255 e. The molecule has 30 heavy (non-hydrogen) atoms. The number of halogens is 1. The molecular formula is C22H25ClN2O5. The number of methoxy groups -OCH3 is 3. The van der Waals surface area contributed by atoms with E-state index in [9.17, 15) is 9.59 Å². The molecule has 1 fully saturated rings. The van der Waals surface area contributed by atoms with Crippen LogP contribution < -0.4 is 19.5 Å². The number of amides is 2. The third-order valence-electron chi connectivity index (χ3n) is 5.19. The highest BCUT2D eigenvalue weighted by Crippen LogP contribution is 2.40. The standard InChI is InChI=1S/C22H25ClN2O5/c1-28-18-12-15(13-19(29-2)20(18)30-3)24-21(26)14-8-10-25(11-9-14)22(27)16-6-4-5-7-17(16)23/h4-7,12-14H,8-11H2,1-3H3,(H,24,26). The zero-order valence-corrected chi connectivity index (χ0v) is 18.0. The molecule has 0 saturated carbocycles. The van der Waals surface area contributed by atoms with Gasteiger partial charge in [-0.05, 0) is 25.0 Å². The first kappa shape index (κ1) is 21.8. The summed E-state index contributed by atoms with van der Waals surface area (Å²) in [5.41, 5.74) is 1.04. The number of nitrogens with zero attached hydrogens (tertiary/aromatic N) is 1. The van der Waals surface area contributed by atoms with Crippen LogP contribution in [0.1, 0.15) is 23.2 Å². The third kappa shape index (κ3) is 4.62. The molecule has 1 aliphatic rings. The van der Waals surface area contributed by atoms with Gasteiger partial charge in [-0.2, -0.15) is 0 Å². The molecule has 0 spiro atoms. The van der Waals surface area contributed by atoms with E-state index in [0.717, 1.165) is 0 Å². The molecule has 0 aromatic heterocycles. The fraction of sp³-hybridized carbons (Fsp3) is 0.364. The van der Waals surface area contributed by atoms with Crippen LogP contribution in [-0.2, 0) is 4.79 Å². The highest BCUT2D eigenvalue weighted by atomic mass is 35.5. The lowest BCUT2D eigenvalue weighted by Gasteiger charge is -2.31. The van der Waals surface area contributed by atoms with Crippen molar-refractivity contribution < 1.29 is 23.8 Å². The summed E-state index contributed by atoms with van der Waals surface area (Å²) in [5, 5.41) is 3.35. The number of carbonyl (C=O) groups excluding carboxylic acids is 2. The summed E-state index contributed by atoms with van der Waals surface area (Å²) >= 11 is 6.14. The van der Waals surface area contributed by atoms with Gasteiger partial charge in [-0.15, -0.1) is 0 Å². The second-order valence-corrected chi connectivity index (χ2v) is 7.36. The van der Waals surface area contributed by atoms with Crippen molar-refractivity contribution in [3.05, 3.63) is 47.0 Å². The molecule has 3 rings (SSSR count). The van der Waals surface area contributed by atoms with Gasteiger partial charge in [0.25, 0.3) is 5.91 Å². The molecule has 2 amide bonds. The quantitative estimate of drug-likeness (QED) is 0.750. The highest BCUT2D eigenvalue weighted by molar-refractivity contribution is 6.33. The molecule has 0 atom stereocenters. The smallest absolute Gasteiger partial charge is 0.255 e. The summed E-state index contributed by atoms with van der Waals surface area (Å²) in [6.07, 6.45) is 1.15. The zero-order valence-electron chi connectivity index (χ0n) is 17.2. The maximum absolute atomic E-state index is 12.8. The predicted molar refractivity (Wildman–Crippen MR) is 115 cm³/mol. The number of rotatable bonds is 6. The van der Waals surface area contributed by atoms with Gasteiger partial charge in [0.2, 0.25) is 11.7 Å². The van der Waals surface area contributed by atoms with Gasteiger partial charge in [0.1, 0.15) is 0 Å². The number of piperidine rings is 1. The number of hydrogen-bond donors (Lipinski definition) is 1. The van der Waals surface area contributed by atoms with E-state index in [-0.39, 0.29) is 17.7 Å². The Kier molecular flexibility index (Phi) is 7.05. The number of likely N-dealkylation sites (tertiary alicyclic amines) is 1.